The summed E-state index contributed by atoms with van der Waals surface area (Å²) < 4.78 is 129. The van der Waals surface area contributed by atoms with E-state index in [1.807, 2.05) is 60.7 Å². The average Bonchev–Trinajstić information content (AvgIpc) is 3.77. The van der Waals surface area contributed by atoms with Crippen molar-refractivity contribution in [2.24, 2.45) is 0 Å². The molecule has 2 unspecified atom stereocenters. The molecule has 0 saturated carbocycles. The third kappa shape index (κ3) is 3.33. The molecule has 2 heteroatoms. The molecule has 1 aromatic heterocycles. The first-order chi connectivity index (χ1) is 26.3. The predicted octanol–water partition coefficient (Wildman–Crippen LogP) is 10.7. The molecule has 198 valence electrons. The first kappa shape index (κ1) is 14.0. The lowest BCUT2D eigenvalue weighted by Gasteiger charge is -2.17. The lowest BCUT2D eigenvalue weighted by Crippen LogP contribution is -2.15. The maximum atomic E-state index is 9.38. The lowest BCUT2D eigenvalue weighted by molar-refractivity contribution is 0.271. The quantitative estimate of drug-likeness (QED) is 0.204. The third-order valence-electron chi connectivity index (χ3n) is 7.95. The van der Waals surface area contributed by atoms with Crippen LogP contribution in [0.5, 0.6) is 5.75 Å². The van der Waals surface area contributed by atoms with Crippen molar-refractivity contribution in [3.63, 3.8) is 0 Å². The topological polar surface area (TPSA) is 22.4 Å². The van der Waals surface area contributed by atoms with Gasteiger partial charge in [0, 0.05) is 22.6 Å². The molecular weight excluding hydrogens is 512 g/mol. The molecule has 0 amide bonds. The van der Waals surface area contributed by atoms with E-state index in [1.165, 1.54) is 0 Å². The summed E-state index contributed by atoms with van der Waals surface area (Å²) in [6.07, 6.45) is 7.53. The molecule has 2 aliphatic rings. The minimum absolute atomic E-state index is 0.0248. The largest absolute Gasteiger partial charge is 0.484 e. The summed E-state index contributed by atoms with van der Waals surface area (Å²) in [4.78, 5) is 0. The SMILES string of the molecule is [2H]c1c([2H])c([2H])c(-c2c3c([2H])c([2H])c([2H])c([2H])c3c(-c3oc4ccc5c(c4c3-c3ccccc3)OC3C=CC=CC53)c3c([2H])c([2H])c([2H])c([2H])c23)c([2H])c1[2H]. The van der Waals surface area contributed by atoms with Crippen LogP contribution in [0.15, 0.2) is 150 Å². The van der Waals surface area contributed by atoms with E-state index in [0.29, 0.717) is 27.8 Å². The molecule has 0 radical (unpaired) electrons. The van der Waals surface area contributed by atoms with E-state index in [9.17, 15) is 5.48 Å². The maximum absolute atomic E-state index is 9.38. The Labute approximate surface area is 262 Å². The van der Waals surface area contributed by atoms with Gasteiger partial charge in [-0.2, -0.15) is 0 Å². The molecule has 6 aromatic carbocycles. The summed E-state index contributed by atoms with van der Waals surface area (Å²) >= 11 is 0. The van der Waals surface area contributed by atoms with Crippen molar-refractivity contribution in [3.8, 4) is 39.3 Å². The Kier molecular flexibility index (Phi) is 3.03. The minimum atomic E-state index is -0.731. The van der Waals surface area contributed by atoms with Crippen LogP contribution in [-0.2, 0) is 0 Å². The van der Waals surface area contributed by atoms with E-state index < -0.39 is 84.1 Å². The van der Waals surface area contributed by atoms with Gasteiger partial charge in [0.05, 0.1) is 23.2 Å². The molecule has 0 saturated heterocycles. The fourth-order valence-corrected chi connectivity index (χ4v) is 6.22. The molecule has 2 atom stereocenters. The van der Waals surface area contributed by atoms with Gasteiger partial charge in [-0.15, -0.1) is 0 Å². The zero-order valence-electron chi connectivity index (χ0n) is 34.8. The van der Waals surface area contributed by atoms with Gasteiger partial charge in [-0.3, -0.25) is 0 Å². The highest BCUT2D eigenvalue weighted by molar-refractivity contribution is 6.23. The Bertz CT molecular complexity index is 2840. The first-order valence-corrected chi connectivity index (χ1v) is 13.5. The van der Waals surface area contributed by atoms with Crippen LogP contribution in [0.3, 0.4) is 0 Å². The highest BCUT2D eigenvalue weighted by Gasteiger charge is 2.36. The number of hydrogen-bond acceptors (Lipinski definition) is 2. The molecule has 0 spiro atoms. The Morgan fingerprint density at radius 3 is 1.93 bits per heavy atom. The third-order valence-corrected chi connectivity index (χ3v) is 7.95. The molecule has 0 bridgehead atoms. The highest BCUT2D eigenvalue weighted by Crippen LogP contribution is 2.54. The van der Waals surface area contributed by atoms with E-state index in [4.69, 9.17) is 21.5 Å². The second-order valence-corrected chi connectivity index (χ2v) is 10.2. The van der Waals surface area contributed by atoms with Gasteiger partial charge < -0.3 is 9.15 Å². The van der Waals surface area contributed by atoms with E-state index >= 15 is 0 Å². The summed E-state index contributed by atoms with van der Waals surface area (Å²) in [6.45, 7) is 0. The molecule has 2 nitrogen and oxygen atoms in total. The zero-order chi connectivity index (χ0) is 38.9. The Hall–Kier alpha value is -5.34. The van der Waals surface area contributed by atoms with Crippen molar-refractivity contribution >= 4 is 32.5 Å². The summed E-state index contributed by atoms with van der Waals surface area (Å²) in [6, 6.07) is 4.00. The predicted molar refractivity (Wildman–Crippen MR) is 173 cm³/mol. The van der Waals surface area contributed by atoms with Crippen molar-refractivity contribution in [3.05, 3.63) is 151 Å². The number of ether oxygens (including phenoxy) is 1. The molecule has 42 heavy (non-hydrogen) atoms. The average molecular weight is 552 g/mol. The number of furan rings is 1. The van der Waals surface area contributed by atoms with Gasteiger partial charge in [-0.1, -0.05) is 133 Å². The van der Waals surface area contributed by atoms with E-state index in [2.05, 4.69) is 0 Å². The Morgan fingerprint density at radius 2 is 1.21 bits per heavy atom. The normalized spacial score (nSPS) is 21.4. The van der Waals surface area contributed by atoms with Gasteiger partial charge >= 0.3 is 0 Å². The molecule has 0 N–H and O–H groups in total. The fourth-order valence-electron chi connectivity index (χ4n) is 6.22. The van der Waals surface area contributed by atoms with Crippen LogP contribution in [0.1, 0.15) is 29.3 Å². The smallest absolute Gasteiger partial charge is 0.144 e. The first-order valence-electron chi connectivity index (χ1n) is 20.0. The number of rotatable bonds is 3. The number of allylic oxidation sites excluding steroid dienone is 2. The molecule has 1 aliphatic heterocycles. The molecule has 0 fully saturated rings. The van der Waals surface area contributed by atoms with Gasteiger partial charge in [0.15, 0.2) is 0 Å². The minimum Gasteiger partial charge on any atom is -0.484 e. The van der Waals surface area contributed by atoms with Crippen molar-refractivity contribution in [1.82, 2.24) is 0 Å². The zero-order valence-corrected chi connectivity index (χ0v) is 21.8. The molecule has 7 aromatic rings. The van der Waals surface area contributed by atoms with Gasteiger partial charge in [0.25, 0.3) is 0 Å². The van der Waals surface area contributed by atoms with Crippen LogP contribution in [0.25, 0.3) is 66.1 Å². The standard InChI is InChI=1S/C40H26O2/c1-3-13-25(14-4-1)35-28-18-7-9-20-30(28)37(31-21-10-8-19-29(31)35)40-36(26-15-5-2-6-16-26)38-34(42-40)24-23-32-27-17-11-12-22-33(27)41-39(32)38/h1-24,27,33H/i1D,3D,4D,7D,8D,9D,10D,13D,14D,18D,19D,20D,21D. The molecule has 2 heterocycles. The molecule has 1 aliphatic carbocycles. The summed E-state index contributed by atoms with van der Waals surface area (Å²) in [5, 5.41) is -0.511. The van der Waals surface area contributed by atoms with Crippen molar-refractivity contribution in [1.29, 1.82) is 0 Å². The second kappa shape index (κ2) is 9.09. The Balaban J connectivity index is 1.59. The summed E-state index contributed by atoms with van der Waals surface area (Å²) in [7, 11) is 0. The number of benzene rings is 6. The molecular formula is C40H26O2. The van der Waals surface area contributed by atoms with Crippen molar-refractivity contribution in [2.45, 2.75) is 12.0 Å². The van der Waals surface area contributed by atoms with E-state index in [1.54, 1.807) is 6.07 Å². The highest BCUT2D eigenvalue weighted by atomic mass is 16.5. The van der Waals surface area contributed by atoms with Gasteiger partial charge in [-0.25, -0.2) is 0 Å². The van der Waals surface area contributed by atoms with Crippen LogP contribution in [-0.4, -0.2) is 6.10 Å². The van der Waals surface area contributed by atoms with Gasteiger partial charge in [0.2, 0.25) is 0 Å². The van der Waals surface area contributed by atoms with Crippen molar-refractivity contribution < 1.29 is 27.0 Å². The molecule has 9 rings (SSSR count). The van der Waals surface area contributed by atoms with Crippen LogP contribution in [0.2, 0.25) is 0 Å². The van der Waals surface area contributed by atoms with Crippen LogP contribution in [0, 0.1) is 0 Å². The maximum Gasteiger partial charge on any atom is 0.144 e. The number of fused-ring (bicyclic) bond motifs is 7. The van der Waals surface area contributed by atoms with Crippen LogP contribution < -0.4 is 4.74 Å². The second-order valence-electron chi connectivity index (χ2n) is 10.2. The monoisotopic (exact) mass is 551 g/mol. The van der Waals surface area contributed by atoms with E-state index in [0.717, 1.165) is 5.56 Å². The van der Waals surface area contributed by atoms with Crippen LogP contribution in [0.4, 0.5) is 0 Å². The summed E-state index contributed by atoms with van der Waals surface area (Å²) in [5.74, 6) is 0.464. The fraction of sp³-hybridized carbons (Fsp3) is 0.0500. The summed E-state index contributed by atoms with van der Waals surface area (Å²) in [5.41, 5.74) is 1.37. The lowest BCUT2D eigenvalue weighted by atomic mass is 9.86. The number of hydrogen-bond donors (Lipinski definition) is 0. The van der Waals surface area contributed by atoms with Crippen molar-refractivity contribution in [2.75, 3.05) is 0 Å². The van der Waals surface area contributed by atoms with E-state index in [-0.39, 0.29) is 50.5 Å². The van der Waals surface area contributed by atoms with Gasteiger partial charge in [-0.05, 0) is 50.4 Å². The van der Waals surface area contributed by atoms with Gasteiger partial charge in [0.1, 0.15) is 23.2 Å². The Morgan fingerprint density at radius 1 is 0.571 bits per heavy atom. The van der Waals surface area contributed by atoms with Crippen LogP contribution >= 0.6 is 0 Å².